The Morgan fingerprint density at radius 1 is 1.47 bits per heavy atom. The molecule has 0 N–H and O–H groups in total. The second kappa shape index (κ2) is 6.03. The molecule has 1 aromatic carbocycles. The number of carbonyl (C=O) groups excluding carboxylic acids is 1. The van der Waals surface area contributed by atoms with Crippen LogP contribution in [0, 0.1) is 12.7 Å². The summed E-state index contributed by atoms with van der Waals surface area (Å²) < 4.78 is 23.4. The van der Waals surface area contributed by atoms with E-state index in [1.54, 1.807) is 26.0 Å². The predicted octanol–water partition coefficient (Wildman–Crippen LogP) is 2.63. The van der Waals surface area contributed by atoms with Crippen molar-refractivity contribution in [1.82, 2.24) is 0 Å². The lowest BCUT2D eigenvalue weighted by Crippen LogP contribution is -2.13. The molecule has 0 aliphatic rings. The number of ether oxygens (including phenoxy) is 2. The molecule has 1 aromatic rings. The first-order valence-electron chi connectivity index (χ1n) is 5.29. The molecule has 0 aliphatic carbocycles. The molecule has 1 rings (SSSR count). The van der Waals surface area contributed by atoms with E-state index in [1.165, 1.54) is 6.07 Å². The van der Waals surface area contributed by atoms with Crippen LogP contribution in [-0.4, -0.2) is 19.2 Å². The number of benzene rings is 1. The van der Waals surface area contributed by atoms with Gasteiger partial charge < -0.3 is 9.47 Å². The summed E-state index contributed by atoms with van der Waals surface area (Å²) in [5.41, 5.74) is 0.650. The fraction of sp³-hybridized carbons (Fsp3) is 0.308. The van der Waals surface area contributed by atoms with Crippen LogP contribution in [0.1, 0.15) is 12.5 Å². The average molecular weight is 238 g/mol. The van der Waals surface area contributed by atoms with Crippen LogP contribution < -0.4 is 4.74 Å². The summed E-state index contributed by atoms with van der Waals surface area (Å²) in [5.74, 6) is -0.847. The van der Waals surface area contributed by atoms with Crippen molar-refractivity contribution in [2.45, 2.75) is 13.8 Å². The molecule has 0 aromatic heterocycles. The summed E-state index contributed by atoms with van der Waals surface area (Å²) in [6, 6.07) is 4.82. The lowest BCUT2D eigenvalue weighted by Gasteiger charge is -2.09. The SMILES string of the molecule is C=C(COc1cccc(C)c1F)C(=O)OCC. The summed E-state index contributed by atoms with van der Waals surface area (Å²) in [7, 11) is 0. The van der Waals surface area contributed by atoms with E-state index < -0.39 is 11.8 Å². The summed E-state index contributed by atoms with van der Waals surface area (Å²) >= 11 is 0. The van der Waals surface area contributed by atoms with Crippen molar-refractivity contribution in [2.75, 3.05) is 13.2 Å². The Morgan fingerprint density at radius 3 is 2.82 bits per heavy atom. The molecule has 0 heterocycles. The van der Waals surface area contributed by atoms with Crippen LogP contribution in [0.15, 0.2) is 30.4 Å². The highest BCUT2D eigenvalue weighted by Gasteiger charge is 2.11. The third kappa shape index (κ3) is 3.59. The molecule has 0 saturated carbocycles. The highest BCUT2D eigenvalue weighted by Crippen LogP contribution is 2.20. The van der Waals surface area contributed by atoms with Gasteiger partial charge in [-0.05, 0) is 25.5 Å². The normalized spacial score (nSPS) is 9.82. The Labute approximate surface area is 99.9 Å². The van der Waals surface area contributed by atoms with Crippen molar-refractivity contribution in [2.24, 2.45) is 0 Å². The predicted molar refractivity (Wildman–Crippen MR) is 62.4 cm³/mol. The van der Waals surface area contributed by atoms with Crippen molar-refractivity contribution < 1.29 is 18.7 Å². The average Bonchev–Trinajstić information content (AvgIpc) is 2.31. The zero-order valence-corrected chi connectivity index (χ0v) is 9.96. The first-order valence-corrected chi connectivity index (χ1v) is 5.29. The maximum atomic E-state index is 13.5. The summed E-state index contributed by atoms with van der Waals surface area (Å²) in [6.45, 7) is 7.05. The number of aryl methyl sites for hydroxylation is 1. The van der Waals surface area contributed by atoms with Crippen molar-refractivity contribution in [3.8, 4) is 5.75 Å². The minimum absolute atomic E-state index is 0.0841. The summed E-state index contributed by atoms with van der Waals surface area (Å²) in [6.07, 6.45) is 0. The van der Waals surface area contributed by atoms with Gasteiger partial charge in [-0.2, -0.15) is 0 Å². The van der Waals surface area contributed by atoms with Crippen LogP contribution >= 0.6 is 0 Å². The monoisotopic (exact) mass is 238 g/mol. The van der Waals surface area contributed by atoms with Crippen molar-refractivity contribution in [3.05, 3.63) is 41.7 Å². The number of rotatable bonds is 5. The van der Waals surface area contributed by atoms with Crippen molar-refractivity contribution in [1.29, 1.82) is 0 Å². The Balaban J connectivity index is 2.59. The standard InChI is InChI=1S/C13H15FO3/c1-4-16-13(15)10(3)8-17-11-7-5-6-9(2)12(11)14/h5-7H,3-4,8H2,1-2H3. The van der Waals surface area contributed by atoms with Gasteiger partial charge in [-0.1, -0.05) is 18.7 Å². The lowest BCUT2D eigenvalue weighted by molar-refractivity contribution is -0.138. The van der Waals surface area contributed by atoms with Gasteiger partial charge in [-0.15, -0.1) is 0 Å². The highest BCUT2D eigenvalue weighted by molar-refractivity contribution is 5.88. The van der Waals surface area contributed by atoms with Gasteiger partial charge in [-0.3, -0.25) is 0 Å². The van der Waals surface area contributed by atoms with Crippen LogP contribution in [0.2, 0.25) is 0 Å². The first-order chi connectivity index (χ1) is 8.06. The Morgan fingerprint density at radius 2 is 2.18 bits per heavy atom. The second-order valence-corrected chi connectivity index (χ2v) is 3.50. The fourth-order valence-corrected chi connectivity index (χ4v) is 1.19. The van der Waals surface area contributed by atoms with E-state index in [-0.39, 0.29) is 24.5 Å². The molecule has 0 fully saturated rings. The van der Waals surface area contributed by atoms with E-state index in [2.05, 4.69) is 6.58 Å². The largest absolute Gasteiger partial charge is 0.486 e. The van der Waals surface area contributed by atoms with Gasteiger partial charge in [0.1, 0.15) is 6.61 Å². The molecular weight excluding hydrogens is 223 g/mol. The third-order valence-corrected chi connectivity index (χ3v) is 2.12. The number of hydrogen-bond donors (Lipinski definition) is 0. The summed E-state index contributed by atoms with van der Waals surface area (Å²) in [5, 5.41) is 0. The van der Waals surface area contributed by atoms with Crippen molar-refractivity contribution >= 4 is 5.97 Å². The second-order valence-electron chi connectivity index (χ2n) is 3.50. The molecule has 4 heteroatoms. The van der Waals surface area contributed by atoms with Crippen molar-refractivity contribution in [3.63, 3.8) is 0 Å². The smallest absolute Gasteiger partial charge is 0.336 e. The van der Waals surface area contributed by atoms with E-state index in [0.29, 0.717) is 5.56 Å². The number of halogens is 1. The van der Waals surface area contributed by atoms with Gasteiger partial charge in [-0.25, -0.2) is 9.18 Å². The highest BCUT2D eigenvalue weighted by atomic mass is 19.1. The van der Waals surface area contributed by atoms with Gasteiger partial charge in [0.2, 0.25) is 0 Å². The van der Waals surface area contributed by atoms with Crippen LogP contribution in [0.25, 0.3) is 0 Å². The molecule has 0 spiro atoms. The topological polar surface area (TPSA) is 35.5 Å². The van der Waals surface area contributed by atoms with Gasteiger partial charge in [0.25, 0.3) is 0 Å². The number of carbonyl (C=O) groups is 1. The zero-order valence-electron chi connectivity index (χ0n) is 9.96. The van der Waals surface area contributed by atoms with E-state index in [1.807, 2.05) is 0 Å². The molecule has 0 unspecified atom stereocenters. The van der Waals surface area contributed by atoms with E-state index in [9.17, 15) is 9.18 Å². The molecule has 0 saturated heterocycles. The maximum Gasteiger partial charge on any atom is 0.336 e. The molecule has 0 amide bonds. The number of hydrogen-bond acceptors (Lipinski definition) is 3. The maximum absolute atomic E-state index is 13.5. The van der Waals surface area contributed by atoms with Crippen LogP contribution in [0.3, 0.4) is 0 Å². The number of esters is 1. The molecule has 92 valence electrons. The molecular formula is C13H15FO3. The quantitative estimate of drug-likeness (QED) is 0.584. The van der Waals surface area contributed by atoms with Gasteiger partial charge in [0.15, 0.2) is 11.6 Å². The lowest BCUT2D eigenvalue weighted by atomic mass is 10.2. The first kappa shape index (κ1) is 13.2. The zero-order chi connectivity index (χ0) is 12.8. The molecule has 0 radical (unpaired) electrons. The molecule has 0 atom stereocenters. The summed E-state index contributed by atoms with van der Waals surface area (Å²) in [4.78, 5) is 11.2. The molecule has 0 aliphatic heterocycles. The van der Waals surface area contributed by atoms with E-state index in [0.717, 1.165) is 0 Å². The van der Waals surface area contributed by atoms with Gasteiger partial charge in [0.05, 0.1) is 12.2 Å². The minimum atomic E-state index is -0.527. The molecule has 0 bridgehead atoms. The molecule has 3 nitrogen and oxygen atoms in total. The third-order valence-electron chi connectivity index (χ3n) is 2.12. The Bertz CT molecular complexity index is 427. The fourth-order valence-electron chi connectivity index (χ4n) is 1.19. The Kier molecular flexibility index (Phi) is 4.69. The van der Waals surface area contributed by atoms with E-state index >= 15 is 0 Å². The van der Waals surface area contributed by atoms with Crippen LogP contribution in [0.4, 0.5) is 4.39 Å². The minimum Gasteiger partial charge on any atom is -0.486 e. The van der Waals surface area contributed by atoms with Crippen LogP contribution in [0.5, 0.6) is 5.75 Å². The van der Waals surface area contributed by atoms with E-state index in [4.69, 9.17) is 9.47 Å². The van der Waals surface area contributed by atoms with Gasteiger partial charge in [0, 0.05) is 0 Å². The van der Waals surface area contributed by atoms with Crippen LogP contribution in [-0.2, 0) is 9.53 Å². The Hall–Kier alpha value is -1.84. The molecule has 17 heavy (non-hydrogen) atoms. The van der Waals surface area contributed by atoms with Gasteiger partial charge >= 0.3 is 5.97 Å².